The molecule has 0 aliphatic carbocycles. The zero-order chi connectivity index (χ0) is 17.4. The van der Waals surface area contributed by atoms with Crippen LogP contribution in [0.4, 0.5) is 13.2 Å². The summed E-state index contributed by atoms with van der Waals surface area (Å²) in [5, 5.41) is 5.69. The molecule has 0 spiro atoms. The van der Waals surface area contributed by atoms with Crippen LogP contribution >= 0.6 is 24.0 Å². The van der Waals surface area contributed by atoms with Gasteiger partial charge in [-0.25, -0.2) is 0 Å². The van der Waals surface area contributed by atoms with E-state index >= 15 is 0 Å². The third kappa shape index (κ3) is 8.75. The van der Waals surface area contributed by atoms with E-state index in [2.05, 4.69) is 32.7 Å². The summed E-state index contributed by atoms with van der Waals surface area (Å²) in [4.78, 5) is 6.37. The second-order valence-corrected chi connectivity index (χ2v) is 6.02. The van der Waals surface area contributed by atoms with Crippen LogP contribution in [0.5, 0.6) is 0 Å². The first-order chi connectivity index (χ1) is 11.5. The van der Waals surface area contributed by atoms with Gasteiger partial charge in [0.05, 0.1) is 6.42 Å². The lowest BCUT2D eigenvalue weighted by Gasteiger charge is -2.15. The lowest BCUT2D eigenvalue weighted by atomic mass is 10.1. The number of hydrogen-bond acceptors (Lipinski definition) is 2. The minimum atomic E-state index is -4.16. The SMILES string of the molecule is CN=C(NCCC(F)(F)F)NCc1ccc(CN2CCCC2)cc1.I. The number of hydrogen-bond donors (Lipinski definition) is 2. The first-order valence-electron chi connectivity index (χ1n) is 8.28. The average Bonchev–Trinajstić information content (AvgIpc) is 3.04. The third-order valence-corrected chi connectivity index (χ3v) is 4.01. The van der Waals surface area contributed by atoms with Crippen molar-refractivity contribution in [3.63, 3.8) is 0 Å². The molecule has 0 radical (unpaired) electrons. The predicted molar refractivity (Wildman–Crippen MR) is 105 cm³/mol. The van der Waals surface area contributed by atoms with E-state index in [-0.39, 0.29) is 30.5 Å². The Labute approximate surface area is 164 Å². The van der Waals surface area contributed by atoms with Gasteiger partial charge in [-0.1, -0.05) is 24.3 Å². The number of halogens is 4. The first-order valence-corrected chi connectivity index (χ1v) is 8.28. The zero-order valence-corrected chi connectivity index (χ0v) is 16.7. The van der Waals surface area contributed by atoms with Crippen LogP contribution in [0.2, 0.25) is 0 Å². The highest BCUT2D eigenvalue weighted by atomic mass is 127. The molecule has 1 fully saturated rings. The van der Waals surface area contributed by atoms with E-state index in [1.165, 1.54) is 31.5 Å². The number of aliphatic imine (C=N–C) groups is 1. The molecule has 1 heterocycles. The molecule has 0 atom stereocenters. The number of guanidine groups is 1. The van der Waals surface area contributed by atoms with Crippen LogP contribution in [0.25, 0.3) is 0 Å². The van der Waals surface area contributed by atoms with Gasteiger partial charge < -0.3 is 10.6 Å². The van der Waals surface area contributed by atoms with Crippen molar-refractivity contribution in [3.8, 4) is 0 Å². The molecule has 0 unspecified atom stereocenters. The fourth-order valence-corrected chi connectivity index (χ4v) is 2.69. The van der Waals surface area contributed by atoms with Crippen molar-refractivity contribution in [1.82, 2.24) is 15.5 Å². The van der Waals surface area contributed by atoms with Gasteiger partial charge in [0, 0.05) is 26.7 Å². The Morgan fingerprint density at radius 2 is 1.68 bits per heavy atom. The van der Waals surface area contributed by atoms with Gasteiger partial charge in [-0.2, -0.15) is 13.2 Å². The molecule has 25 heavy (non-hydrogen) atoms. The van der Waals surface area contributed by atoms with Crippen molar-refractivity contribution >= 4 is 29.9 Å². The molecule has 1 aromatic carbocycles. The van der Waals surface area contributed by atoms with E-state index in [1.807, 2.05) is 12.1 Å². The summed E-state index contributed by atoms with van der Waals surface area (Å²) in [5.41, 5.74) is 2.35. The Bertz CT molecular complexity index is 526. The highest BCUT2D eigenvalue weighted by Crippen LogP contribution is 2.18. The van der Waals surface area contributed by atoms with E-state index in [0.29, 0.717) is 12.5 Å². The summed E-state index contributed by atoms with van der Waals surface area (Å²) in [5.74, 6) is 0.375. The Hall–Kier alpha value is -1.03. The summed E-state index contributed by atoms with van der Waals surface area (Å²) in [6, 6.07) is 8.30. The number of nitrogens with zero attached hydrogens (tertiary/aromatic N) is 2. The van der Waals surface area contributed by atoms with Gasteiger partial charge in [0.15, 0.2) is 5.96 Å². The van der Waals surface area contributed by atoms with Crippen LogP contribution in [-0.2, 0) is 13.1 Å². The second kappa shape index (κ2) is 10.8. The number of alkyl halides is 3. The van der Waals surface area contributed by atoms with Crippen molar-refractivity contribution in [3.05, 3.63) is 35.4 Å². The monoisotopic (exact) mass is 470 g/mol. The highest BCUT2D eigenvalue weighted by molar-refractivity contribution is 14.0. The number of benzene rings is 1. The van der Waals surface area contributed by atoms with Crippen LogP contribution in [0.3, 0.4) is 0 Å². The second-order valence-electron chi connectivity index (χ2n) is 6.02. The van der Waals surface area contributed by atoms with E-state index in [9.17, 15) is 13.2 Å². The van der Waals surface area contributed by atoms with Crippen LogP contribution in [-0.4, -0.2) is 43.7 Å². The highest BCUT2D eigenvalue weighted by Gasteiger charge is 2.26. The van der Waals surface area contributed by atoms with Crippen molar-refractivity contribution in [2.45, 2.75) is 38.5 Å². The number of nitrogens with one attached hydrogen (secondary N) is 2. The smallest absolute Gasteiger partial charge is 0.356 e. The van der Waals surface area contributed by atoms with Crippen molar-refractivity contribution in [1.29, 1.82) is 0 Å². The van der Waals surface area contributed by atoms with Crippen molar-refractivity contribution in [2.24, 2.45) is 4.99 Å². The maximum Gasteiger partial charge on any atom is 0.390 e. The molecule has 0 amide bonds. The molecule has 2 rings (SSSR count). The van der Waals surface area contributed by atoms with Crippen molar-refractivity contribution < 1.29 is 13.2 Å². The molecule has 1 aliphatic heterocycles. The molecule has 0 saturated carbocycles. The Morgan fingerprint density at radius 1 is 1.08 bits per heavy atom. The molecule has 4 nitrogen and oxygen atoms in total. The van der Waals surface area contributed by atoms with Crippen LogP contribution in [0, 0.1) is 0 Å². The van der Waals surface area contributed by atoms with E-state index in [1.54, 1.807) is 7.05 Å². The number of rotatable bonds is 6. The van der Waals surface area contributed by atoms with Crippen LogP contribution in [0.1, 0.15) is 30.4 Å². The first kappa shape index (κ1) is 22.0. The topological polar surface area (TPSA) is 39.7 Å². The van der Waals surface area contributed by atoms with Gasteiger partial charge >= 0.3 is 6.18 Å². The third-order valence-electron chi connectivity index (χ3n) is 4.01. The molecule has 1 aromatic rings. The fourth-order valence-electron chi connectivity index (χ4n) is 2.69. The zero-order valence-electron chi connectivity index (χ0n) is 14.4. The molecular weight excluding hydrogens is 444 g/mol. The Morgan fingerprint density at radius 3 is 2.24 bits per heavy atom. The fraction of sp³-hybridized carbons (Fsp3) is 0.588. The summed E-state index contributed by atoms with van der Waals surface area (Å²) in [6.45, 7) is 3.66. The van der Waals surface area contributed by atoms with Gasteiger partial charge in [0.25, 0.3) is 0 Å². The van der Waals surface area contributed by atoms with Gasteiger partial charge in [-0.15, -0.1) is 24.0 Å². The maximum absolute atomic E-state index is 12.1. The standard InChI is InChI=1S/C17H25F3N4.HI/c1-21-16(22-9-8-17(18,19)20)23-12-14-4-6-15(7-5-14)13-24-10-2-3-11-24;/h4-7H,2-3,8-13H2,1H3,(H2,21,22,23);1H. The molecule has 1 saturated heterocycles. The predicted octanol–water partition coefficient (Wildman–Crippen LogP) is 3.52. The summed E-state index contributed by atoms with van der Waals surface area (Å²) in [7, 11) is 1.54. The number of likely N-dealkylation sites (tertiary alicyclic amines) is 1. The van der Waals surface area contributed by atoms with Crippen LogP contribution in [0.15, 0.2) is 29.3 Å². The Balaban J connectivity index is 0.00000312. The molecule has 0 aromatic heterocycles. The van der Waals surface area contributed by atoms with Gasteiger partial charge in [-0.3, -0.25) is 9.89 Å². The lowest BCUT2D eigenvalue weighted by molar-refractivity contribution is -0.132. The largest absolute Gasteiger partial charge is 0.390 e. The normalized spacial score (nSPS) is 15.8. The molecule has 2 N–H and O–H groups in total. The van der Waals surface area contributed by atoms with Gasteiger partial charge in [0.2, 0.25) is 0 Å². The quantitative estimate of drug-likeness (QED) is 0.380. The van der Waals surface area contributed by atoms with E-state index in [4.69, 9.17) is 0 Å². The van der Waals surface area contributed by atoms with E-state index < -0.39 is 12.6 Å². The molecule has 142 valence electrons. The van der Waals surface area contributed by atoms with Gasteiger partial charge in [0.1, 0.15) is 0 Å². The lowest BCUT2D eigenvalue weighted by Crippen LogP contribution is -2.38. The molecule has 1 aliphatic rings. The minimum absolute atomic E-state index is 0. The van der Waals surface area contributed by atoms with E-state index in [0.717, 1.165) is 12.1 Å². The average molecular weight is 470 g/mol. The molecule has 8 heteroatoms. The van der Waals surface area contributed by atoms with Crippen LogP contribution < -0.4 is 10.6 Å². The van der Waals surface area contributed by atoms with Crippen molar-refractivity contribution in [2.75, 3.05) is 26.7 Å². The summed E-state index contributed by atoms with van der Waals surface area (Å²) < 4.78 is 36.4. The molecule has 0 bridgehead atoms. The maximum atomic E-state index is 12.1. The summed E-state index contributed by atoms with van der Waals surface area (Å²) >= 11 is 0. The Kier molecular flexibility index (Phi) is 9.55. The summed E-state index contributed by atoms with van der Waals surface area (Å²) in [6.07, 6.45) is -2.47. The molecular formula is C17H26F3IN4. The minimum Gasteiger partial charge on any atom is -0.356 e. The van der Waals surface area contributed by atoms with Gasteiger partial charge in [-0.05, 0) is 37.1 Å².